The molecule has 2 heteroatoms. The molecule has 0 radical (unpaired) electrons. The van der Waals surface area contributed by atoms with Crippen molar-refractivity contribution in [1.82, 2.24) is 5.32 Å². The minimum Gasteiger partial charge on any atom is -0.367 e. The van der Waals surface area contributed by atoms with Crippen molar-refractivity contribution in [3.05, 3.63) is 60.2 Å². The molecule has 0 saturated carbocycles. The maximum atomic E-state index is 4.70. The van der Waals surface area contributed by atoms with Crippen LogP contribution in [0.4, 0.5) is 0 Å². The standard InChI is InChI=1S/C22H24N2/c1-16(24-22-9-3-2-6-14-23-22)18-12-13-21-19(15-18)11-10-17-7-4-5-8-20(17)21/h4-5,7-8,10-13,15-16H,2-3,6,9,14H2,1H3,(H,23,24). The van der Waals surface area contributed by atoms with Gasteiger partial charge >= 0.3 is 0 Å². The van der Waals surface area contributed by atoms with Gasteiger partial charge in [-0.3, -0.25) is 4.99 Å². The fourth-order valence-corrected chi connectivity index (χ4v) is 3.63. The number of hydrogen-bond acceptors (Lipinski definition) is 2. The lowest BCUT2D eigenvalue weighted by molar-refractivity contribution is 0.694. The van der Waals surface area contributed by atoms with Gasteiger partial charge in [0.05, 0.1) is 5.84 Å². The maximum absolute atomic E-state index is 4.70. The predicted octanol–water partition coefficient (Wildman–Crippen LogP) is 5.62. The molecule has 0 fully saturated rings. The highest BCUT2D eigenvalue weighted by molar-refractivity contribution is 6.07. The number of nitrogens with one attached hydrogen (secondary N) is 1. The van der Waals surface area contributed by atoms with Crippen molar-refractivity contribution in [2.24, 2.45) is 4.99 Å². The zero-order valence-corrected chi connectivity index (χ0v) is 14.3. The van der Waals surface area contributed by atoms with Gasteiger partial charge in [0, 0.05) is 19.0 Å². The van der Waals surface area contributed by atoms with E-state index in [4.69, 9.17) is 4.99 Å². The summed E-state index contributed by atoms with van der Waals surface area (Å²) in [6, 6.07) is 20.2. The van der Waals surface area contributed by atoms with Crippen LogP contribution < -0.4 is 5.32 Å². The Labute approximate surface area is 143 Å². The van der Waals surface area contributed by atoms with Gasteiger partial charge in [-0.1, -0.05) is 55.0 Å². The third kappa shape index (κ3) is 3.01. The van der Waals surface area contributed by atoms with Gasteiger partial charge in [-0.2, -0.15) is 0 Å². The number of aliphatic imine (C=N–C) groups is 1. The Morgan fingerprint density at radius 1 is 0.875 bits per heavy atom. The quantitative estimate of drug-likeness (QED) is 0.610. The van der Waals surface area contributed by atoms with Crippen LogP contribution in [0.25, 0.3) is 21.5 Å². The molecule has 1 unspecified atom stereocenters. The van der Waals surface area contributed by atoms with Crippen LogP contribution in [-0.4, -0.2) is 12.4 Å². The lowest BCUT2D eigenvalue weighted by atomic mass is 9.98. The largest absolute Gasteiger partial charge is 0.367 e. The van der Waals surface area contributed by atoms with Gasteiger partial charge in [0.15, 0.2) is 0 Å². The average Bonchev–Trinajstić information content (AvgIpc) is 2.89. The van der Waals surface area contributed by atoms with Gasteiger partial charge in [0.2, 0.25) is 0 Å². The molecule has 4 rings (SSSR count). The Kier molecular flexibility index (Phi) is 4.20. The summed E-state index contributed by atoms with van der Waals surface area (Å²) in [6.45, 7) is 3.20. The molecule has 3 aromatic rings. The second-order valence-corrected chi connectivity index (χ2v) is 6.77. The third-order valence-corrected chi connectivity index (χ3v) is 5.03. The van der Waals surface area contributed by atoms with Crippen molar-refractivity contribution in [1.29, 1.82) is 0 Å². The number of amidine groups is 1. The number of fused-ring (bicyclic) bond motifs is 3. The van der Waals surface area contributed by atoms with Crippen molar-refractivity contribution in [3.8, 4) is 0 Å². The second kappa shape index (κ2) is 6.64. The van der Waals surface area contributed by atoms with Crippen molar-refractivity contribution < 1.29 is 0 Å². The number of rotatable bonds is 2. The van der Waals surface area contributed by atoms with E-state index in [0.717, 1.165) is 13.0 Å². The van der Waals surface area contributed by atoms with Crippen LogP contribution in [0.3, 0.4) is 0 Å². The zero-order chi connectivity index (χ0) is 16.4. The Hall–Kier alpha value is -2.35. The van der Waals surface area contributed by atoms with Gasteiger partial charge in [-0.25, -0.2) is 0 Å². The topological polar surface area (TPSA) is 24.4 Å². The minimum atomic E-state index is 0.290. The second-order valence-electron chi connectivity index (χ2n) is 6.77. The highest BCUT2D eigenvalue weighted by Crippen LogP contribution is 2.27. The molecule has 0 amide bonds. The first-order valence-corrected chi connectivity index (χ1v) is 9.02. The van der Waals surface area contributed by atoms with Crippen LogP contribution in [-0.2, 0) is 0 Å². The SMILES string of the molecule is CC(NC1=NCCCCC1)c1ccc2c(ccc3ccccc32)c1. The first kappa shape index (κ1) is 15.2. The van der Waals surface area contributed by atoms with Crippen LogP contribution >= 0.6 is 0 Å². The van der Waals surface area contributed by atoms with Crippen LogP contribution in [0.2, 0.25) is 0 Å². The molecular formula is C22H24N2. The Balaban J connectivity index is 1.64. The average molecular weight is 316 g/mol. The molecule has 1 aliphatic rings. The normalized spacial score (nSPS) is 16.6. The van der Waals surface area contributed by atoms with E-state index in [2.05, 4.69) is 66.8 Å². The van der Waals surface area contributed by atoms with Crippen molar-refractivity contribution >= 4 is 27.4 Å². The third-order valence-electron chi connectivity index (χ3n) is 5.03. The van der Waals surface area contributed by atoms with Gasteiger partial charge in [0.25, 0.3) is 0 Å². The molecule has 1 N–H and O–H groups in total. The molecule has 1 heterocycles. The Bertz CT molecular complexity index is 895. The van der Waals surface area contributed by atoms with E-state index in [-0.39, 0.29) is 6.04 Å². The molecule has 1 atom stereocenters. The molecule has 1 aliphatic heterocycles. The zero-order valence-electron chi connectivity index (χ0n) is 14.3. The molecule has 0 saturated heterocycles. The molecule has 122 valence electrons. The van der Waals surface area contributed by atoms with E-state index in [1.807, 2.05) is 0 Å². The predicted molar refractivity (Wildman–Crippen MR) is 104 cm³/mol. The molecule has 0 aromatic heterocycles. The summed E-state index contributed by atoms with van der Waals surface area (Å²) in [5, 5.41) is 8.90. The monoisotopic (exact) mass is 316 g/mol. The van der Waals surface area contributed by atoms with Crippen LogP contribution in [0.15, 0.2) is 59.6 Å². The van der Waals surface area contributed by atoms with Crippen LogP contribution in [0.1, 0.15) is 44.2 Å². The van der Waals surface area contributed by atoms with Gasteiger partial charge < -0.3 is 5.32 Å². The molecule has 0 bridgehead atoms. The molecule has 3 aromatic carbocycles. The van der Waals surface area contributed by atoms with Gasteiger partial charge in [0.1, 0.15) is 0 Å². The first-order valence-electron chi connectivity index (χ1n) is 9.02. The minimum absolute atomic E-state index is 0.290. The van der Waals surface area contributed by atoms with Crippen LogP contribution in [0, 0.1) is 0 Å². The van der Waals surface area contributed by atoms with E-state index in [0.29, 0.717) is 0 Å². The summed E-state index contributed by atoms with van der Waals surface area (Å²) in [4.78, 5) is 4.70. The van der Waals surface area contributed by atoms with E-state index >= 15 is 0 Å². The van der Waals surface area contributed by atoms with Crippen molar-refractivity contribution in [2.45, 2.75) is 38.6 Å². The van der Waals surface area contributed by atoms with E-state index in [9.17, 15) is 0 Å². The summed E-state index contributed by atoms with van der Waals surface area (Å²) in [7, 11) is 0. The van der Waals surface area contributed by atoms with Gasteiger partial charge in [-0.05, 0) is 52.9 Å². The highest BCUT2D eigenvalue weighted by Gasteiger charge is 2.11. The fourth-order valence-electron chi connectivity index (χ4n) is 3.63. The Morgan fingerprint density at radius 2 is 1.71 bits per heavy atom. The summed E-state index contributed by atoms with van der Waals surface area (Å²) >= 11 is 0. The molecule has 24 heavy (non-hydrogen) atoms. The van der Waals surface area contributed by atoms with Crippen LogP contribution in [0.5, 0.6) is 0 Å². The van der Waals surface area contributed by atoms with Crippen molar-refractivity contribution in [2.75, 3.05) is 6.54 Å². The smallest absolute Gasteiger partial charge is 0.0967 e. The van der Waals surface area contributed by atoms with Crippen molar-refractivity contribution in [3.63, 3.8) is 0 Å². The van der Waals surface area contributed by atoms with E-state index in [1.165, 1.54) is 52.2 Å². The summed E-state index contributed by atoms with van der Waals surface area (Å²) in [5.41, 5.74) is 1.32. The lowest BCUT2D eigenvalue weighted by Gasteiger charge is -2.18. The lowest BCUT2D eigenvalue weighted by Crippen LogP contribution is -2.26. The Morgan fingerprint density at radius 3 is 2.67 bits per heavy atom. The highest BCUT2D eigenvalue weighted by atomic mass is 15.0. The number of hydrogen-bond donors (Lipinski definition) is 1. The van der Waals surface area contributed by atoms with E-state index < -0.39 is 0 Å². The number of benzene rings is 3. The maximum Gasteiger partial charge on any atom is 0.0967 e. The molecular weight excluding hydrogens is 292 g/mol. The summed E-state index contributed by atoms with van der Waals surface area (Å²) in [5.74, 6) is 1.18. The van der Waals surface area contributed by atoms with Gasteiger partial charge in [-0.15, -0.1) is 0 Å². The van der Waals surface area contributed by atoms with E-state index in [1.54, 1.807) is 0 Å². The summed E-state index contributed by atoms with van der Waals surface area (Å²) in [6.07, 6.45) is 4.86. The summed E-state index contributed by atoms with van der Waals surface area (Å²) < 4.78 is 0. The number of nitrogens with zero attached hydrogens (tertiary/aromatic N) is 1. The fraction of sp³-hybridized carbons (Fsp3) is 0.318. The first-order chi connectivity index (χ1) is 11.8. The molecule has 2 nitrogen and oxygen atoms in total. The molecule has 0 aliphatic carbocycles. The molecule has 0 spiro atoms.